The zero-order chi connectivity index (χ0) is 14.0. The lowest BCUT2D eigenvalue weighted by molar-refractivity contribution is 0.0896. The van der Waals surface area contributed by atoms with Gasteiger partial charge >= 0.3 is 0 Å². The van der Waals surface area contributed by atoms with Gasteiger partial charge in [-0.1, -0.05) is 6.92 Å². The summed E-state index contributed by atoms with van der Waals surface area (Å²) in [6.07, 6.45) is 2.29. The van der Waals surface area contributed by atoms with Crippen LogP contribution in [0.4, 0.5) is 0 Å². The fraction of sp³-hybridized carbons (Fsp3) is 0.357. The molecule has 0 aromatic carbocycles. The fourth-order valence-corrected chi connectivity index (χ4v) is 2.75. The number of rotatable bonds is 5. The van der Waals surface area contributed by atoms with Crippen molar-refractivity contribution in [1.29, 1.82) is 0 Å². The van der Waals surface area contributed by atoms with Crippen molar-refractivity contribution in [3.63, 3.8) is 0 Å². The van der Waals surface area contributed by atoms with Crippen molar-refractivity contribution in [2.24, 2.45) is 7.05 Å². The van der Waals surface area contributed by atoms with Crippen molar-refractivity contribution in [3.05, 3.63) is 39.3 Å². The molecule has 4 nitrogen and oxygen atoms in total. The van der Waals surface area contributed by atoms with E-state index in [1.807, 2.05) is 19.9 Å². The highest BCUT2D eigenvalue weighted by atomic mass is 32.1. The minimum atomic E-state index is -0.152. The van der Waals surface area contributed by atoms with Gasteiger partial charge in [-0.3, -0.25) is 14.3 Å². The quantitative estimate of drug-likeness (QED) is 0.623. The Kier molecular flexibility index (Phi) is 3.95. The fourth-order valence-electron chi connectivity index (χ4n) is 1.94. The van der Waals surface area contributed by atoms with Crippen molar-refractivity contribution in [2.75, 3.05) is 0 Å². The first kappa shape index (κ1) is 13.7. The maximum atomic E-state index is 12.2. The van der Waals surface area contributed by atoms with Crippen molar-refractivity contribution < 1.29 is 9.59 Å². The molecule has 0 radical (unpaired) electrons. The standard InChI is InChI=1S/C14H16N2O2S/c1-4-11-10(8-16(3)15-11)12(17)7-13(18)14-6-5-9(2)19-14/h5-6,8H,4,7H2,1-3H3. The first-order valence-electron chi connectivity index (χ1n) is 6.16. The van der Waals surface area contributed by atoms with Crippen LogP contribution in [-0.2, 0) is 13.5 Å². The van der Waals surface area contributed by atoms with E-state index in [0.29, 0.717) is 16.9 Å². The average Bonchev–Trinajstić information content (AvgIpc) is 2.95. The lowest BCUT2D eigenvalue weighted by Crippen LogP contribution is -2.08. The largest absolute Gasteiger partial charge is 0.294 e. The summed E-state index contributed by atoms with van der Waals surface area (Å²) in [5.41, 5.74) is 1.31. The second-order valence-corrected chi connectivity index (χ2v) is 5.74. The number of nitrogens with zero attached hydrogens (tertiary/aromatic N) is 2. The molecule has 0 saturated heterocycles. The molecule has 0 aliphatic carbocycles. The predicted molar refractivity (Wildman–Crippen MR) is 74.9 cm³/mol. The summed E-state index contributed by atoms with van der Waals surface area (Å²) in [6, 6.07) is 3.67. The maximum absolute atomic E-state index is 12.2. The summed E-state index contributed by atoms with van der Waals surface area (Å²) >= 11 is 1.43. The molecule has 0 bridgehead atoms. The third-order valence-electron chi connectivity index (χ3n) is 2.88. The highest BCUT2D eigenvalue weighted by molar-refractivity contribution is 7.14. The Hall–Kier alpha value is -1.75. The van der Waals surface area contributed by atoms with E-state index in [-0.39, 0.29) is 18.0 Å². The van der Waals surface area contributed by atoms with Crippen molar-refractivity contribution in [1.82, 2.24) is 9.78 Å². The first-order valence-corrected chi connectivity index (χ1v) is 6.98. The molecule has 0 spiro atoms. The third-order valence-corrected chi connectivity index (χ3v) is 3.92. The molecule has 2 heterocycles. The molecular formula is C14H16N2O2S. The summed E-state index contributed by atoms with van der Waals surface area (Å²) in [5.74, 6) is -0.269. The van der Waals surface area contributed by atoms with E-state index in [0.717, 1.165) is 10.6 Å². The molecule has 0 unspecified atom stereocenters. The van der Waals surface area contributed by atoms with Gasteiger partial charge in [0.2, 0.25) is 0 Å². The zero-order valence-corrected chi connectivity index (χ0v) is 12.1. The van der Waals surface area contributed by atoms with E-state index in [4.69, 9.17) is 0 Å². The van der Waals surface area contributed by atoms with Crippen LogP contribution in [0.25, 0.3) is 0 Å². The van der Waals surface area contributed by atoms with Crippen LogP contribution in [0, 0.1) is 6.92 Å². The van der Waals surface area contributed by atoms with E-state index < -0.39 is 0 Å². The lowest BCUT2D eigenvalue weighted by Gasteiger charge is -1.98. The van der Waals surface area contributed by atoms with Crippen LogP contribution in [-0.4, -0.2) is 21.3 Å². The van der Waals surface area contributed by atoms with Crippen molar-refractivity contribution in [2.45, 2.75) is 26.7 Å². The minimum Gasteiger partial charge on any atom is -0.294 e. The normalized spacial score (nSPS) is 10.7. The lowest BCUT2D eigenvalue weighted by atomic mass is 10.1. The summed E-state index contributed by atoms with van der Waals surface area (Å²) in [7, 11) is 1.78. The van der Waals surface area contributed by atoms with Gasteiger partial charge in [-0.15, -0.1) is 11.3 Å². The smallest absolute Gasteiger partial charge is 0.180 e. The summed E-state index contributed by atoms with van der Waals surface area (Å²) in [6.45, 7) is 3.89. The highest BCUT2D eigenvalue weighted by Crippen LogP contribution is 2.18. The van der Waals surface area contributed by atoms with Crippen molar-refractivity contribution in [3.8, 4) is 0 Å². The van der Waals surface area contributed by atoms with Crippen LogP contribution < -0.4 is 0 Å². The molecule has 0 fully saturated rings. The van der Waals surface area contributed by atoms with Crippen LogP contribution in [0.3, 0.4) is 0 Å². The van der Waals surface area contributed by atoms with Gasteiger partial charge in [0, 0.05) is 18.1 Å². The number of carbonyl (C=O) groups is 2. The number of thiophene rings is 1. The molecule has 19 heavy (non-hydrogen) atoms. The van der Waals surface area contributed by atoms with E-state index in [1.165, 1.54) is 11.3 Å². The Morgan fingerprint density at radius 3 is 2.63 bits per heavy atom. The monoisotopic (exact) mass is 276 g/mol. The third kappa shape index (κ3) is 2.98. The van der Waals surface area contributed by atoms with Crippen LogP contribution in [0.2, 0.25) is 0 Å². The minimum absolute atomic E-state index is 0.0847. The molecule has 5 heteroatoms. The molecule has 0 aliphatic rings. The molecule has 0 aliphatic heterocycles. The van der Waals surface area contributed by atoms with Gasteiger partial charge < -0.3 is 0 Å². The van der Waals surface area contributed by atoms with Crippen LogP contribution >= 0.6 is 11.3 Å². The second kappa shape index (κ2) is 5.48. The molecule has 100 valence electrons. The zero-order valence-electron chi connectivity index (χ0n) is 11.3. The summed E-state index contributed by atoms with van der Waals surface area (Å²) in [4.78, 5) is 25.9. The second-order valence-electron chi connectivity index (χ2n) is 4.45. The van der Waals surface area contributed by atoms with Gasteiger partial charge in [0.15, 0.2) is 11.6 Å². The van der Waals surface area contributed by atoms with Crippen molar-refractivity contribution >= 4 is 22.9 Å². The van der Waals surface area contributed by atoms with E-state index in [9.17, 15) is 9.59 Å². The molecular weight excluding hydrogens is 260 g/mol. The van der Waals surface area contributed by atoms with Gasteiger partial charge in [-0.25, -0.2) is 0 Å². The first-order chi connectivity index (χ1) is 9.01. The molecule has 2 aromatic rings. The molecule has 2 rings (SSSR count). The summed E-state index contributed by atoms with van der Waals surface area (Å²) < 4.78 is 1.62. The number of aromatic nitrogens is 2. The SMILES string of the molecule is CCc1nn(C)cc1C(=O)CC(=O)c1ccc(C)s1. The molecule has 0 saturated carbocycles. The van der Waals surface area contributed by atoms with E-state index in [2.05, 4.69) is 5.10 Å². The number of ketones is 2. The average molecular weight is 276 g/mol. The highest BCUT2D eigenvalue weighted by Gasteiger charge is 2.19. The number of Topliss-reactive ketones (excluding diaryl/α,β-unsaturated/α-hetero) is 2. The van der Waals surface area contributed by atoms with Crippen LogP contribution in [0.5, 0.6) is 0 Å². The predicted octanol–water partition coefficient (Wildman–Crippen LogP) is 2.81. The van der Waals surface area contributed by atoms with E-state index >= 15 is 0 Å². The molecule has 0 atom stereocenters. The number of hydrogen-bond acceptors (Lipinski definition) is 4. The van der Waals surface area contributed by atoms with Crippen LogP contribution in [0.15, 0.2) is 18.3 Å². The topological polar surface area (TPSA) is 52.0 Å². The van der Waals surface area contributed by atoms with Gasteiger partial charge in [0.1, 0.15) is 0 Å². The number of carbonyl (C=O) groups excluding carboxylic acids is 2. The Balaban J connectivity index is 2.14. The van der Waals surface area contributed by atoms with Gasteiger partial charge in [-0.2, -0.15) is 5.10 Å². The number of hydrogen-bond donors (Lipinski definition) is 0. The molecule has 2 aromatic heterocycles. The summed E-state index contributed by atoms with van der Waals surface area (Å²) in [5, 5.41) is 4.22. The number of aryl methyl sites for hydroxylation is 3. The van der Waals surface area contributed by atoms with Gasteiger partial charge in [0.05, 0.1) is 22.6 Å². The van der Waals surface area contributed by atoms with Crippen LogP contribution in [0.1, 0.15) is 43.9 Å². The Morgan fingerprint density at radius 2 is 2.05 bits per heavy atom. The maximum Gasteiger partial charge on any atom is 0.180 e. The Morgan fingerprint density at radius 1 is 1.32 bits per heavy atom. The molecule has 0 amide bonds. The Labute approximate surface area is 116 Å². The Bertz CT molecular complexity index is 625. The van der Waals surface area contributed by atoms with Gasteiger partial charge in [-0.05, 0) is 25.5 Å². The van der Waals surface area contributed by atoms with E-state index in [1.54, 1.807) is 24.0 Å². The molecule has 0 N–H and O–H groups in total. The van der Waals surface area contributed by atoms with Gasteiger partial charge in [0.25, 0.3) is 0 Å².